The average molecular weight is 394 g/mol. The first-order valence-corrected chi connectivity index (χ1v) is 8.78. The van der Waals surface area contributed by atoms with Crippen molar-refractivity contribution in [2.75, 3.05) is 27.4 Å². The number of rotatable bonds is 10. The quantitative estimate of drug-likeness (QED) is 0.560. The van der Waals surface area contributed by atoms with E-state index in [0.29, 0.717) is 12.2 Å². The molecule has 2 amide bonds. The molecule has 1 aromatic carbocycles. The molecule has 0 saturated heterocycles. The summed E-state index contributed by atoms with van der Waals surface area (Å²) in [7, 11) is 2.66. The van der Waals surface area contributed by atoms with Gasteiger partial charge in [-0.3, -0.25) is 14.4 Å². The van der Waals surface area contributed by atoms with Gasteiger partial charge in [0.05, 0.1) is 19.8 Å². The fourth-order valence-electron chi connectivity index (χ4n) is 2.29. The smallest absolute Gasteiger partial charge is 0.328 e. The zero-order chi connectivity index (χ0) is 21.1. The monoisotopic (exact) mass is 394 g/mol. The van der Waals surface area contributed by atoms with Crippen LogP contribution in [0.3, 0.4) is 0 Å². The van der Waals surface area contributed by atoms with Gasteiger partial charge >= 0.3 is 11.9 Å². The summed E-state index contributed by atoms with van der Waals surface area (Å²) >= 11 is 0. The lowest BCUT2D eigenvalue weighted by Gasteiger charge is -2.21. The van der Waals surface area contributed by atoms with Gasteiger partial charge in [0.15, 0.2) is 6.61 Å². The minimum absolute atomic E-state index is 0.146. The van der Waals surface area contributed by atoms with Crippen LogP contribution >= 0.6 is 0 Å². The summed E-state index contributed by atoms with van der Waals surface area (Å²) in [5.41, 5.74) is 0.269. The first-order valence-electron chi connectivity index (χ1n) is 8.78. The second kappa shape index (κ2) is 11.6. The lowest BCUT2D eigenvalue weighted by molar-refractivity contribution is -0.150. The van der Waals surface area contributed by atoms with Crippen LogP contribution < -0.4 is 15.4 Å². The molecule has 9 heteroatoms. The molecule has 9 nitrogen and oxygen atoms in total. The highest BCUT2D eigenvalue weighted by molar-refractivity contribution is 5.98. The van der Waals surface area contributed by atoms with Crippen LogP contribution in [0.4, 0.5) is 0 Å². The number of methoxy groups -OCH3 is 2. The third-order valence-electron chi connectivity index (χ3n) is 4.09. The number of hydrogen-bond acceptors (Lipinski definition) is 7. The van der Waals surface area contributed by atoms with Crippen LogP contribution in [0.25, 0.3) is 0 Å². The molecule has 0 saturated carbocycles. The summed E-state index contributed by atoms with van der Waals surface area (Å²) in [5, 5.41) is 4.88. The Balaban J connectivity index is 2.48. The van der Waals surface area contributed by atoms with E-state index in [1.807, 2.05) is 6.92 Å². The topological polar surface area (TPSA) is 120 Å². The number of carbonyl (C=O) groups is 4. The Kier molecular flexibility index (Phi) is 9.49. The number of ether oxygens (including phenoxy) is 3. The van der Waals surface area contributed by atoms with Gasteiger partial charge in [-0.1, -0.05) is 32.4 Å². The van der Waals surface area contributed by atoms with Gasteiger partial charge in [0.2, 0.25) is 0 Å². The van der Waals surface area contributed by atoms with Gasteiger partial charge in [0, 0.05) is 0 Å². The molecule has 28 heavy (non-hydrogen) atoms. The molecule has 1 aromatic rings. The Bertz CT molecular complexity index is 705. The van der Waals surface area contributed by atoms with Crippen LogP contribution in [0.1, 0.15) is 30.6 Å². The maximum Gasteiger partial charge on any atom is 0.328 e. The minimum Gasteiger partial charge on any atom is -0.496 e. The highest BCUT2D eigenvalue weighted by atomic mass is 16.5. The molecule has 0 aliphatic heterocycles. The molecule has 1 rings (SSSR count). The normalized spacial score (nSPS) is 12.3. The predicted octanol–water partition coefficient (Wildman–Crippen LogP) is 0.672. The van der Waals surface area contributed by atoms with E-state index in [-0.39, 0.29) is 11.5 Å². The van der Waals surface area contributed by atoms with Crippen LogP contribution in [0, 0.1) is 5.92 Å². The molecule has 0 heterocycles. The number of para-hydroxylation sites is 1. The van der Waals surface area contributed by atoms with Crippen molar-refractivity contribution < 1.29 is 33.4 Å². The number of esters is 2. The Hall–Kier alpha value is -3.10. The van der Waals surface area contributed by atoms with E-state index >= 15 is 0 Å². The van der Waals surface area contributed by atoms with E-state index < -0.39 is 42.9 Å². The Morgan fingerprint density at radius 3 is 2.39 bits per heavy atom. The van der Waals surface area contributed by atoms with E-state index in [1.54, 1.807) is 31.2 Å². The molecule has 0 bridgehead atoms. The highest BCUT2D eigenvalue weighted by Gasteiger charge is 2.27. The SMILES string of the molecule is CC[C@H](C)[C@H](NC(=O)COC(=O)CNC(=O)c1ccccc1OC)C(=O)OC. The van der Waals surface area contributed by atoms with Crippen molar-refractivity contribution in [3.8, 4) is 5.75 Å². The molecule has 0 aliphatic carbocycles. The second-order valence-corrected chi connectivity index (χ2v) is 6.00. The van der Waals surface area contributed by atoms with Crippen LogP contribution in [0.2, 0.25) is 0 Å². The van der Waals surface area contributed by atoms with E-state index in [0.717, 1.165) is 0 Å². The van der Waals surface area contributed by atoms with E-state index in [2.05, 4.69) is 15.4 Å². The number of carbonyl (C=O) groups excluding carboxylic acids is 4. The molecule has 0 fully saturated rings. The Morgan fingerprint density at radius 1 is 1.11 bits per heavy atom. The zero-order valence-corrected chi connectivity index (χ0v) is 16.4. The molecule has 154 valence electrons. The molecule has 0 aromatic heterocycles. The van der Waals surface area contributed by atoms with Gasteiger partial charge in [-0.2, -0.15) is 0 Å². The van der Waals surface area contributed by atoms with Crippen molar-refractivity contribution in [3.63, 3.8) is 0 Å². The molecule has 2 atom stereocenters. The minimum atomic E-state index is -0.827. The van der Waals surface area contributed by atoms with Gasteiger partial charge in [-0.25, -0.2) is 4.79 Å². The van der Waals surface area contributed by atoms with Crippen LogP contribution in [0.15, 0.2) is 24.3 Å². The summed E-state index contributed by atoms with van der Waals surface area (Å²) in [5.74, 6) is -2.30. The van der Waals surface area contributed by atoms with Crippen molar-refractivity contribution in [2.45, 2.75) is 26.3 Å². The van der Waals surface area contributed by atoms with Gasteiger partial charge in [-0.15, -0.1) is 0 Å². The van der Waals surface area contributed by atoms with Crippen LogP contribution in [-0.2, 0) is 23.9 Å². The maximum atomic E-state index is 12.1. The predicted molar refractivity (Wildman–Crippen MR) is 99.7 cm³/mol. The van der Waals surface area contributed by atoms with Gasteiger partial charge in [0.1, 0.15) is 18.3 Å². The first-order chi connectivity index (χ1) is 13.3. The molecule has 0 aliphatic rings. The second-order valence-electron chi connectivity index (χ2n) is 6.00. The van der Waals surface area contributed by atoms with Crippen LogP contribution in [-0.4, -0.2) is 57.2 Å². The van der Waals surface area contributed by atoms with Gasteiger partial charge in [0.25, 0.3) is 11.8 Å². The summed E-state index contributed by atoms with van der Waals surface area (Å²) in [6, 6.07) is 5.71. The third kappa shape index (κ3) is 6.90. The van der Waals surface area contributed by atoms with E-state index in [1.165, 1.54) is 14.2 Å². The van der Waals surface area contributed by atoms with Crippen molar-refractivity contribution in [3.05, 3.63) is 29.8 Å². The third-order valence-corrected chi connectivity index (χ3v) is 4.09. The fraction of sp³-hybridized carbons (Fsp3) is 0.474. The van der Waals surface area contributed by atoms with Crippen molar-refractivity contribution in [2.24, 2.45) is 5.92 Å². The van der Waals surface area contributed by atoms with Gasteiger partial charge in [-0.05, 0) is 18.1 Å². The zero-order valence-electron chi connectivity index (χ0n) is 16.4. The van der Waals surface area contributed by atoms with E-state index in [9.17, 15) is 19.2 Å². The summed E-state index contributed by atoms with van der Waals surface area (Å²) < 4.78 is 14.6. The lowest BCUT2D eigenvalue weighted by atomic mass is 9.99. The van der Waals surface area contributed by atoms with Crippen LogP contribution in [0.5, 0.6) is 5.75 Å². The lowest BCUT2D eigenvalue weighted by Crippen LogP contribution is -2.47. The summed E-state index contributed by atoms with van der Waals surface area (Å²) in [6.45, 7) is 2.67. The average Bonchev–Trinajstić information content (AvgIpc) is 2.72. The molecular weight excluding hydrogens is 368 g/mol. The maximum absolute atomic E-state index is 12.1. The summed E-state index contributed by atoms with van der Waals surface area (Å²) in [4.78, 5) is 47.6. The van der Waals surface area contributed by atoms with Crippen molar-refractivity contribution in [1.29, 1.82) is 0 Å². The molecule has 0 unspecified atom stereocenters. The van der Waals surface area contributed by atoms with Gasteiger partial charge < -0.3 is 24.8 Å². The van der Waals surface area contributed by atoms with Crippen molar-refractivity contribution in [1.82, 2.24) is 10.6 Å². The highest BCUT2D eigenvalue weighted by Crippen LogP contribution is 2.16. The standard InChI is InChI=1S/C19H26N2O7/c1-5-12(2)17(19(25)27-4)21-15(22)11-28-16(23)10-20-18(24)13-8-6-7-9-14(13)26-3/h6-9,12,17H,5,10-11H2,1-4H3,(H,20,24)(H,21,22)/t12-,17-/m0/s1. The largest absolute Gasteiger partial charge is 0.496 e. The number of nitrogens with one attached hydrogen (secondary N) is 2. The number of benzene rings is 1. The summed E-state index contributed by atoms with van der Waals surface area (Å²) in [6.07, 6.45) is 0.648. The Labute approximate surface area is 163 Å². The van der Waals surface area contributed by atoms with Crippen molar-refractivity contribution >= 4 is 23.8 Å². The molecule has 0 radical (unpaired) electrons. The Morgan fingerprint density at radius 2 is 1.79 bits per heavy atom. The number of amides is 2. The number of hydrogen-bond donors (Lipinski definition) is 2. The molecule has 0 spiro atoms. The molecule has 2 N–H and O–H groups in total. The van der Waals surface area contributed by atoms with E-state index in [4.69, 9.17) is 9.47 Å². The first kappa shape index (κ1) is 22.9. The fourth-order valence-corrected chi connectivity index (χ4v) is 2.29. The molecular formula is C19H26N2O7.